The number of benzene rings is 2. The molecule has 10 heteroatoms. The molecule has 0 bridgehead atoms. The number of nitrogens with one attached hydrogen (secondary N) is 1. The summed E-state index contributed by atoms with van der Waals surface area (Å²) in [6.07, 6.45) is -1.89. The lowest BCUT2D eigenvalue weighted by atomic mass is 9.84. The minimum absolute atomic E-state index is 0.00877. The van der Waals surface area contributed by atoms with E-state index in [1.54, 1.807) is 52.1 Å². The van der Waals surface area contributed by atoms with E-state index >= 15 is 0 Å². The third-order valence-corrected chi connectivity index (χ3v) is 6.25. The summed E-state index contributed by atoms with van der Waals surface area (Å²) in [5, 5.41) is 15.1. The average molecular weight is 518 g/mol. The molecule has 1 amide bonds. The Balaban J connectivity index is 1.66. The number of likely N-dealkylation sites (tertiary alicyclic amines) is 1. The van der Waals surface area contributed by atoms with Gasteiger partial charge in [0.2, 0.25) is 0 Å². The van der Waals surface area contributed by atoms with Crippen LogP contribution in [0.15, 0.2) is 42.6 Å². The third kappa shape index (κ3) is 5.29. The van der Waals surface area contributed by atoms with Crippen molar-refractivity contribution < 1.29 is 32.5 Å². The second kappa shape index (κ2) is 9.74. The van der Waals surface area contributed by atoms with Gasteiger partial charge in [-0.05, 0) is 39.8 Å². The summed E-state index contributed by atoms with van der Waals surface area (Å²) in [4.78, 5) is 18.2. The van der Waals surface area contributed by atoms with E-state index in [-0.39, 0.29) is 18.7 Å². The number of carbonyl (C=O) groups is 1. The number of hydrogen-bond donors (Lipinski definition) is 2. The molecule has 1 unspecified atom stereocenters. The Labute approximate surface area is 213 Å². The molecule has 1 atom stereocenters. The number of rotatable bonds is 6. The summed E-state index contributed by atoms with van der Waals surface area (Å²) in [5.41, 5.74) is -1.03. The number of alkyl halides is 2. The SMILES string of the molecule is COc1cc2nccc(NC(C)c3cccc(C(F)F)c3F)c2cc1C1(O)CN(C(=O)OC(C)(C)C)C1. The first-order chi connectivity index (χ1) is 17.3. The summed E-state index contributed by atoms with van der Waals surface area (Å²) in [6.45, 7) is 6.98. The van der Waals surface area contributed by atoms with E-state index in [9.17, 15) is 23.1 Å². The standard InChI is InChI=1S/C27H30F3N3O4/c1-15(16-7-6-8-17(23(16)28)24(29)30)32-20-9-10-31-21-12-22(36-5)19(11-18(20)21)27(35)13-33(14-27)25(34)37-26(2,3)4/h6-12,15,24,35H,13-14H2,1-5H3,(H,31,32). The number of ether oxygens (including phenoxy) is 2. The monoisotopic (exact) mass is 517 g/mol. The van der Waals surface area contributed by atoms with Crippen LogP contribution >= 0.6 is 0 Å². The zero-order valence-electron chi connectivity index (χ0n) is 21.3. The Kier molecular flexibility index (Phi) is 6.98. The molecule has 1 saturated heterocycles. The van der Waals surface area contributed by atoms with Gasteiger partial charge in [0.1, 0.15) is 22.8 Å². The van der Waals surface area contributed by atoms with Crippen molar-refractivity contribution in [1.82, 2.24) is 9.88 Å². The van der Waals surface area contributed by atoms with Crippen molar-refractivity contribution in [3.8, 4) is 5.75 Å². The van der Waals surface area contributed by atoms with Crippen molar-refractivity contribution in [2.75, 3.05) is 25.5 Å². The van der Waals surface area contributed by atoms with Crippen LogP contribution in [0.25, 0.3) is 10.9 Å². The topological polar surface area (TPSA) is 83.9 Å². The van der Waals surface area contributed by atoms with Crippen LogP contribution in [0.1, 0.15) is 56.9 Å². The zero-order valence-corrected chi connectivity index (χ0v) is 21.3. The van der Waals surface area contributed by atoms with E-state index < -0.39 is 41.1 Å². The maximum absolute atomic E-state index is 14.7. The summed E-state index contributed by atoms with van der Waals surface area (Å²) in [6, 6.07) is 8.34. The number of pyridine rings is 1. The second-order valence-electron chi connectivity index (χ2n) is 10.2. The fraction of sp³-hybridized carbons (Fsp3) is 0.407. The van der Waals surface area contributed by atoms with Crippen molar-refractivity contribution in [2.45, 2.75) is 51.4 Å². The van der Waals surface area contributed by atoms with Crippen molar-refractivity contribution in [3.63, 3.8) is 0 Å². The van der Waals surface area contributed by atoms with Gasteiger partial charge in [-0.3, -0.25) is 4.98 Å². The van der Waals surface area contributed by atoms with Crippen LogP contribution in [0, 0.1) is 5.82 Å². The molecule has 1 aliphatic heterocycles. The maximum Gasteiger partial charge on any atom is 0.410 e. The van der Waals surface area contributed by atoms with Crippen molar-refractivity contribution in [2.24, 2.45) is 0 Å². The van der Waals surface area contributed by atoms with Crippen LogP contribution in [0.4, 0.5) is 23.7 Å². The average Bonchev–Trinajstić information content (AvgIpc) is 2.80. The minimum Gasteiger partial charge on any atom is -0.496 e. The van der Waals surface area contributed by atoms with Gasteiger partial charge >= 0.3 is 6.09 Å². The number of aliphatic hydroxyl groups is 1. The molecule has 1 aromatic heterocycles. The van der Waals surface area contributed by atoms with E-state index in [1.807, 2.05) is 0 Å². The lowest BCUT2D eigenvalue weighted by Gasteiger charge is -2.46. The van der Waals surface area contributed by atoms with Gasteiger partial charge in [0.15, 0.2) is 0 Å². The highest BCUT2D eigenvalue weighted by Gasteiger charge is 2.48. The number of anilines is 1. The Morgan fingerprint density at radius 3 is 2.49 bits per heavy atom. The lowest BCUT2D eigenvalue weighted by molar-refractivity contribution is -0.104. The summed E-state index contributed by atoms with van der Waals surface area (Å²) >= 11 is 0. The second-order valence-corrected chi connectivity index (χ2v) is 10.2. The molecular weight excluding hydrogens is 487 g/mol. The first kappa shape index (κ1) is 26.5. The maximum atomic E-state index is 14.7. The zero-order chi connectivity index (χ0) is 27.1. The molecule has 0 saturated carbocycles. The van der Waals surface area contributed by atoms with Gasteiger partial charge in [-0.25, -0.2) is 18.0 Å². The number of nitrogens with zero attached hydrogens (tertiary/aromatic N) is 2. The Morgan fingerprint density at radius 1 is 1.19 bits per heavy atom. The van der Waals surface area contributed by atoms with Crippen LogP contribution in [0.2, 0.25) is 0 Å². The lowest BCUT2D eigenvalue weighted by Crippen LogP contribution is -2.62. The van der Waals surface area contributed by atoms with Gasteiger partial charge < -0.3 is 24.8 Å². The van der Waals surface area contributed by atoms with Gasteiger partial charge in [-0.2, -0.15) is 0 Å². The van der Waals surface area contributed by atoms with Crippen LogP contribution in [-0.2, 0) is 10.3 Å². The summed E-state index contributed by atoms with van der Waals surface area (Å²) < 4.78 is 52.0. The largest absolute Gasteiger partial charge is 0.496 e. The number of carbonyl (C=O) groups excluding carboxylic acids is 1. The molecule has 1 aliphatic rings. The first-order valence-corrected chi connectivity index (χ1v) is 11.8. The molecule has 2 N–H and O–H groups in total. The molecule has 0 aliphatic carbocycles. The number of β-amino-alcohol motifs (C(OH)–C–C–N with tert-alkyl or cyclic N) is 1. The first-order valence-electron chi connectivity index (χ1n) is 11.8. The molecule has 0 spiro atoms. The quantitative estimate of drug-likeness (QED) is 0.422. The van der Waals surface area contributed by atoms with E-state index in [0.717, 1.165) is 6.07 Å². The number of methoxy groups -OCH3 is 1. The molecule has 1 fully saturated rings. The minimum atomic E-state index is -2.92. The van der Waals surface area contributed by atoms with Crippen molar-refractivity contribution in [3.05, 3.63) is 65.1 Å². The van der Waals surface area contributed by atoms with Gasteiger partial charge in [0.05, 0.1) is 37.3 Å². The fourth-order valence-electron chi connectivity index (χ4n) is 4.43. The fourth-order valence-corrected chi connectivity index (χ4v) is 4.43. The Morgan fingerprint density at radius 2 is 1.86 bits per heavy atom. The highest BCUT2D eigenvalue weighted by atomic mass is 19.3. The molecule has 3 aromatic rings. The van der Waals surface area contributed by atoms with E-state index in [4.69, 9.17) is 9.47 Å². The van der Waals surface area contributed by atoms with Crippen LogP contribution < -0.4 is 10.1 Å². The molecule has 4 rings (SSSR count). The van der Waals surface area contributed by atoms with Crippen molar-refractivity contribution >= 4 is 22.7 Å². The molecular formula is C27H30F3N3O4. The normalized spacial score (nSPS) is 15.9. The van der Waals surface area contributed by atoms with E-state index in [1.165, 1.54) is 24.1 Å². The molecule has 198 valence electrons. The van der Waals surface area contributed by atoms with E-state index in [2.05, 4.69) is 10.3 Å². The Hall–Kier alpha value is -3.53. The number of hydrogen-bond acceptors (Lipinski definition) is 6. The van der Waals surface area contributed by atoms with Gasteiger partial charge in [-0.1, -0.05) is 18.2 Å². The Bertz CT molecular complexity index is 1320. The molecule has 0 radical (unpaired) electrons. The predicted molar refractivity (Wildman–Crippen MR) is 133 cm³/mol. The van der Waals surface area contributed by atoms with Crippen LogP contribution in [0.5, 0.6) is 5.75 Å². The molecule has 37 heavy (non-hydrogen) atoms. The summed E-state index contributed by atoms with van der Waals surface area (Å²) in [5.74, 6) is -0.559. The summed E-state index contributed by atoms with van der Waals surface area (Å²) in [7, 11) is 1.47. The smallest absolute Gasteiger partial charge is 0.410 e. The highest BCUT2D eigenvalue weighted by molar-refractivity contribution is 5.93. The molecule has 2 heterocycles. The molecule has 2 aromatic carbocycles. The van der Waals surface area contributed by atoms with Crippen LogP contribution in [-0.4, -0.2) is 46.9 Å². The van der Waals surface area contributed by atoms with Crippen molar-refractivity contribution in [1.29, 1.82) is 0 Å². The highest BCUT2D eigenvalue weighted by Crippen LogP contribution is 2.41. The van der Waals surface area contributed by atoms with E-state index in [0.29, 0.717) is 27.9 Å². The number of aromatic nitrogens is 1. The number of amides is 1. The predicted octanol–water partition coefficient (Wildman–Crippen LogP) is 5.93. The molecule has 7 nitrogen and oxygen atoms in total. The number of fused-ring (bicyclic) bond motifs is 1. The van der Waals surface area contributed by atoms with Crippen LogP contribution in [0.3, 0.4) is 0 Å². The van der Waals surface area contributed by atoms with Gasteiger partial charge in [0.25, 0.3) is 6.43 Å². The third-order valence-electron chi connectivity index (χ3n) is 6.25. The van der Waals surface area contributed by atoms with Gasteiger partial charge in [-0.15, -0.1) is 0 Å². The van der Waals surface area contributed by atoms with Gasteiger partial charge in [0, 0.05) is 34.5 Å². The number of halogens is 3.